The van der Waals surface area contributed by atoms with Crippen LogP contribution >= 0.6 is 22.7 Å². The summed E-state index contributed by atoms with van der Waals surface area (Å²) in [6.45, 7) is 4.27. The molecule has 0 spiro atoms. The van der Waals surface area contributed by atoms with Crippen LogP contribution in [0.5, 0.6) is 5.88 Å². The molecule has 3 aromatic rings. The summed E-state index contributed by atoms with van der Waals surface area (Å²) in [6, 6.07) is 1.79. The molecule has 0 N–H and O–H groups in total. The minimum absolute atomic E-state index is 0.334. The highest BCUT2D eigenvalue weighted by Gasteiger charge is 2.18. The van der Waals surface area contributed by atoms with E-state index in [9.17, 15) is 4.79 Å². The SMILES string of the molecule is COC(=O)c1c(C)sc2cnc(OCc3cnc(C)s3)cc12. The highest BCUT2D eigenvalue weighted by Crippen LogP contribution is 2.32. The minimum Gasteiger partial charge on any atom is -0.472 e. The molecule has 0 bridgehead atoms. The first-order chi connectivity index (χ1) is 10.6. The number of methoxy groups -OCH3 is 1. The molecule has 0 atom stereocenters. The normalized spacial score (nSPS) is 10.9. The lowest BCUT2D eigenvalue weighted by molar-refractivity contribution is 0.0603. The first kappa shape index (κ1) is 14.9. The summed E-state index contributed by atoms with van der Waals surface area (Å²) in [5.74, 6) is 0.153. The molecule has 0 fully saturated rings. The van der Waals surface area contributed by atoms with Crippen molar-refractivity contribution in [2.75, 3.05) is 7.11 Å². The maximum atomic E-state index is 11.9. The third kappa shape index (κ3) is 2.82. The molecule has 7 heteroatoms. The number of hydrogen-bond donors (Lipinski definition) is 0. The third-order valence-electron chi connectivity index (χ3n) is 3.15. The van der Waals surface area contributed by atoms with E-state index < -0.39 is 0 Å². The van der Waals surface area contributed by atoms with Gasteiger partial charge in [0.25, 0.3) is 0 Å². The van der Waals surface area contributed by atoms with Crippen LogP contribution in [0.25, 0.3) is 10.1 Å². The number of pyridine rings is 1. The van der Waals surface area contributed by atoms with Crippen molar-refractivity contribution in [3.8, 4) is 5.88 Å². The smallest absolute Gasteiger partial charge is 0.339 e. The number of carbonyl (C=O) groups excluding carboxylic acids is 1. The number of esters is 1. The van der Waals surface area contributed by atoms with Crippen molar-refractivity contribution >= 4 is 38.7 Å². The van der Waals surface area contributed by atoms with E-state index in [1.54, 1.807) is 29.8 Å². The zero-order valence-electron chi connectivity index (χ0n) is 12.4. The summed E-state index contributed by atoms with van der Waals surface area (Å²) >= 11 is 3.11. The molecule has 22 heavy (non-hydrogen) atoms. The summed E-state index contributed by atoms with van der Waals surface area (Å²) in [6.07, 6.45) is 3.53. The molecule has 0 amide bonds. The maximum absolute atomic E-state index is 11.9. The Balaban J connectivity index is 1.89. The van der Waals surface area contributed by atoms with Crippen molar-refractivity contribution in [3.05, 3.63) is 38.8 Å². The lowest BCUT2D eigenvalue weighted by atomic mass is 10.1. The summed E-state index contributed by atoms with van der Waals surface area (Å²) in [5.41, 5.74) is 0.586. The Morgan fingerprint density at radius 3 is 2.73 bits per heavy atom. The van der Waals surface area contributed by atoms with Crippen LogP contribution in [0.4, 0.5) is 0 Å². The van der Waals surface area contributed by atoms with Crippen molar-refractivity contribution in [1.29, 1.82) is 0 Å². The Labute approximate surface area is 135 Å². The van der Waals surface area contributed by atoms with Gasteiger partial charge in [-0.15, -0.1) is 22.7 Å². The molecular formula is C15H14N2O3S2. The summed E-state index contributed by atoms with van der Waals surface area (Å²) in [7, 11) is 1.38. The van der Waals surface area contributed by atoms with Gasteiger partial charge in [-0.3, -0.25) is 0 Å². The van der Waals surface area contributed by atoms with Crippen molar-refractivity contribution < 1.29 is 14.3 Å². The van der Waals surface area contributed by atoms with E-state index in [-0.39, 0.29) is 5.97 Å². The van der Waals surface area contributed by atoms with Gasteiger partial charge >= 0.3 is 5.97 Å². The van der Waals surface area contributed by atoms with Crippen molar-refractivity contribution in [2.45, 2.75) is 20.5 Å². The van der Waals surface area contributed by atoms with E-state index in [4.69, 9.17) is 9.47 Å². The number of thiazole rings is 1. The molecule has 3 heterocycles. The second-order valence-corrected chi connectivity index (χ2v) is 7.25. The van der Waals surface area contributed by atoms with Crippen molar-refractivity contribution in [3.63, 3.8) is 0 Å². The first-order valence-electron chi connectivity index (χ1n) is 6.60. The van der Waals surface area contributed by atoms with E-state index in [0.29, 0.717) is 18.1 Å². The quantitative estimate of drug-likeness (QED) is 0.680. The first-order valence-corrected chi connectivity index (χ1v) is 8.23. The number of aryl methyl sites for hydroxylation is 2. The van der Waals surface area contributed by atoms with E-state index in [1.807, 2.05) is 13.8 Å². The number of thiophene rings is 1. The fraction of sp³-hybridized carbons (Fsp3) is 0.267. The van der Waals surface area contributed by atoms with E-state index >= 15 is 0 Å². The Kier molecular flexibility index (Phi) is 4.08. The second kappa shape index (κ2) is 6.02. The Morgan fingerprint density at radius 2 is 2.05 bits per heavy atom. The number of rotatable bonds is 4. The minimum atomic E-state index is -0.334. The predicted molar refractivity (Wildman–Crippen MR) is 86.9 cm³/mol. The maximum Gasteiger partial charge on any atom is 0.339 e. The zero-order valence-corrected chi connectivity index (χ0v) is 14.0. The number of carbonyl (C=O) groups is 1. The van der Waals surface area contributed by atoms with Crippen LogP contribution in [0.15, 0.2) is 18.5 Å². The Morgan fingerprint density at radius 1 is 1.23 bits per heavy atom. The molecule has 0 aliphatic rings. The molecule has 5 nitrogen and oxygen atoms in total. The van der Waals surface area contributed by atoms with Crippen LogP contribution in [0.3, 0.4) is 0 Å². The van der Waals surface area contributed by atoms with E-state index in [2.05, 4.69) is 9.97 Å². The second-order valence-electron chi connectivity index (χ2n) is 4.68. The average molecular weight is 334 g/mol. The standard InChI is InChI=1S/C15H14N2O3S2/c1-8-14(15(18)19-3)11-4-13(17-6-12(11)21-8)20-7-10-5-16-9(2)22-10/h4-6H,7H2,1-3H3. The molecule has 0 aromatic carbocycles. The van der Waals surface area contributed by atoms with Crippen molar-refractivity contribution in [1.82, 2.24) is 9.97 Å². The summed E-state index contributed by atoms with van der Waals surface area (Å²) < 4.78 is 11.5. The monoisotopic (exact) mass is 334 g/mol. The molecule has 3 rings (SSSR count). The zero-order chi connectivity index (χ0) is 15.7. The predicted octanol–water partition coefficient (Wildman–Crippen LogP) is 3.74. The van der Waals surface area contributed by atoms with Gasteiger partial charge in [-0.2, -0.15) is 0 Å². The van der Waals surface area contributed by atoms with Gasteiger partial charge in [0.2, 0.25) is 5.88 Å². The van der Waals surface area contributed by atoms with E-state index in [0.717, 1.165) is 24.8 Å². The van der Waals surface area contributed by atoms with Crippen LogP contribution in [-0.4, -0.2) is 23.0 Å². The lowest BCUT2D eigenvalue weighted by Gasteiger charge is -2.04. The fourth-order valence-corrected chi connectivity index (χ4v) is 3.87. The van der Waals surface area contributed by atoms with Crippen LogP contribution in [0.1, 0.15) is 25.1 Å². The molecule has 0 saturated carbocycles. The Hall–Kier alpha value is -1.99. The van der Waals surface area contributed by atoms with Gasteiger partial charge in [0.15, 0.2) is 0 Å². The lowest BCUT2D eigenvalue weighted by Crippen LogP contribution is -2.02. The largest absolute Gasteiger partial charge is 0.472 e. The molecule has 0 radical (unpaired) electrons. The Bertz CT molecular complexity index is 839. The van der Waals surface area contributed by atoms with Crippen LogP contribution in [0.2, 0.25) is 0 Å². The van der Waals surface area contributed by atoms with Gasteiger partial charge in [0, 0.05) is 28.7 Å². The highest BCUT2D eigenvalue weighted by molar-refractivity contribution is 7.19. The molecular weight excluding hydrogens is 320 g/mol. The van der Waals surface area contributed by atoms with Gasteiger partial charge in [-0.1, -0.05) is 0 Å². The molecule has 0 saturated heterocycles. The number of nitrogens with zero attached hydrogens (tertiary/aromatic N) is 2. The van der Waals surface area contributed by atoms with Crippen molar-refractivity contribution in [2.24, 2.45) is 0 Å². The van der Waals surface area contributed by atoms with Gasteiger partial charge < -0.3 is 9.47 Å². The highest BCUT2D eigenvalue weighted by atomic mass is 32.1. The molecule has 3 aromatic heterocycles. The summed E-state index contributed by atoms with van der Waals surface area (Å²) in [4.78, 5) is 22.3. The topological polar surface area (TPSA) is 61.3 Å². The number of fused-ring (bicyclic) bond motifs is 1. The van der Waals surface area contributed by atoms with Crippen LogP contribution < -0.4 is 4.74 Å². The van der Waals surface area contributed by atoms with Gasteiger partial charge in [0.05, 0.1) is 27.3 Å². The molecule has 0 unspecified atom stereocenters. The van der Waals surface area contributed by atoms with Crippen LogP contribution in [0, 0.1) is 13.8 Å². The number of ether oxygens (including phenoxy) is 2. The molecule has 0 aliphatic carbocycles. The van der Waals surface area contributed by atoms with Gasteiger partial charge in [-0.25, -0.2) is 14.8 Å². The number of hydrogen-bond acceptors (Lipinski definition) is 7. The van der Waals surface area contributed by atoms with Gasteiger partial charge in [0.1, 0.15) is 6.61 Å². The molecule has 0 aliphatic heterocycles. The van der Waals surface area contributed by atoms with E-state index in [1.165, 1.54) is 18.4 Å². The van der Waals surface area contributed by atoms with Crippen LogP contribution in [-0.2, 0) is 11.3 Å². The fourth-order valence-electron chi connectivity index (χ4n) is 2.16. The number of aromatic nitrogens is 2. The van der Waals surface area contributed by atoms with Gasteiger partial charge in [-0.05, 0) is 13.8 Å². The molecule has 114 valence electrons. The summed E-state index contributed by atoms with van der Waals surface area (Å²) in [5, 5.41) is 1.82. The average Bonchev–Trinajstić information content (AvgIpc) is 3.06. The third-order valence-corrected chi connectivity index (χ3v) is 5.09.